The van der Waals surface area contributed by atoms with Crippen LogP contribution in [0.15, 0.2) is 30.3 Å². The molecule has 0 heterocycles. The van der Waals surface area contributed by atoms with Gasteiger partial charge in [-0.3, -0.25) is 9.59 Å². The monoisotopic (exact) mass is 293 g/mol. The first-order valence-electron chi connectivity index (χ1n) is 6.58. The number of hydrogen-bond acceptors (Lipinski definition) is 4. The molecule has 1 amide bonds. The van der Waals surface area contributed by atoms with E-state index in [4.69, 9.17) is 5.11 Å². The second kappa shape index (κ2) is 8.04. The molecular weight excluding hydrogens is 274 g/mol. The summed E-state index contributed by atoms with van der Waals surface area (Å²) in [6, 6.07) is 8.36. The SMILES string of the molecule is COC(=O)[C@H](Cc1ccccc1)NC(=O)C[C@H](C)C(=O)O. The molecule has 1 aromatic carbocycles. The van der Waals surface area contributed by atoms with Gasteiger partial charge in [0, 0.05) is 12.8 Å². The van der Waals surface area contributed by atoms with Crippen LogP contribution in [0.25, 0.3) is 0 Å². The predicted molar refractivity (Wildman–Crippen MR) is 75.5 cm³/mol. The van der Waals surface area contributed by atoms with Crippen LogP contribution in [0, 0.1) is 5.92 Å². The van der Waals surface area contributed by atoms with Crippen molar-refractivity contribution in [1.29, 1.82) is 0 Å². The Morgan fingerprint density at radius 2 is 1.86 bits per heavy atom. The van der Waals surface area contributed by atoms with Gasteiger partial charge in [0.05, 0.1) is 13.0 Å². The van der Waals surface area contributed by atoms with Gasteiger partial charge in [-0.05, 0) is 5.56 Å². The van der Waals surface area contributed by atoms with Crippen LogP contribution < -0.4 is 5.32 Å². The van der Waals surface area contributed by atoms with Crippen LogP contribution in [0.2, 0.25) is 0 Å². The molecule has 0 radical (unpaired) electrons. The van der Waals surface area contributed by atoms with Crippen LogP contribution in [0.5, 0.6) is 0 Å². The number of ether oxygens (including phenoxy) is 1. The van der Waals surface area contributed by atoms with Gasteiger partial charge in [-0.2, -0.15) is 0 Å². The molecule has 2 atom stereocenters. The molecule has 0 aliphatic rings. The third-order valence-corrected chi connectivity index (χ3v) is 3.02. The Morgan fingerprint density at radius 1 is 1.24 bits per heavy atom. The minimum absolute atomic E-state index is 0.183. The fraction of sp³-hybridized carbons (Fsp3) is 0.400. The van der Waals surface area contributed by atoms with Crippen molar-refractivity contribution in [2.75, 3.05) is 7.11 Å². The van der Waals surface area contributed by atoms with Gasteiger partial charge in [-0.1, -0.05) is 37.3 Å². The van der Waals surface area contributed by atoms with Crippen molar-refractivity contribution in [2.24, 2.45) is 5.92 Å². The number of rotatable bonds is 7. The maximum atomic E-state index is 11.8. The molecule has 114 valence electrons. The van der Waals surface area contributed by atoms with E-state index in [1.54, 1.807) is 0 Å². The minimum Gasteiger partial charge on any atom is -0.481 e. The molecule has 0 saturated carbocycles. The number of methoxy groups -OCH3 is 1. The van der Waals surface area contributed by atoms with E-state index in [0.717, 1.165) is 5.56 Å². The molecule has 1 rings (SSSR count). The average Bonchev–Trinajstić information content (AvgIpc) is 2.46. The lowest BCUT2D eigenvalue weighted by Gasteiger charge is -2.17. The summed E-state index contributed by atoms with van der Waals surface area (Å²) in [6.45, 7) is 1.44. The van der Waals surface area contributed by atoms with Gasteiger partial charge < -0.3 is 15.2 Å². The van der Waals surface area contributed by atoms with Gasteiger partial charge >= 0.3 is 11.9 Å². The molecular formula is C15H19NO5. The molecule has 2 N–H and O–H groups in total. The molecule has 1 aromatic rings. The van der Waals surface area contributed by atoms with Gasteiger partial charge in [0.25, 0.3) is 0 Å². The highest BCUT2D eigenvalue weighted by molar-refractivity contribution is 5.86. The number of hydrogen-bond donors (Lipinski definition) is 2. The van der Waals surface area contributed by atoms with E-state index in [-0.39, 0.29) is 6.42 Å². The van der Waals surface area contributed by atoms with Crippen LogP contribution in [0.4, 0.5) is 0 Å². The molecule has 0 bridgehead atoms. The second-order valence-electron chi connectivity index (χ2n) is 4.78. The molecule has 0 saturated heterocycles. The Kier molecular flexibility index (Phi) is 6.39. The topological polar surface area (TPSA) is 92.7 Å². The summed E-state index contributed by atoms with van der Waals surface area (Å²) in [6.07, 6.45) is 0.109. The largest absolute Gasteiger partial charge is 0.481 e. The van der Waals surface area contributed by atoms with Gasteiger partial charge in [-0.15, -0.1) is 0 Å². The number of carboxylic acids is 1. The summed E-state index contributed by atoms with van der Waals surface area (Å²) >= 11 is 0. The predicted octanol–water partition coefficient (Wildman–Crippen LogP) is 0.998. The van der Waals surface area contributed by atoms with Crippen molar-refractivity contribution in [1.82, 2.24) is 5.32 Å². The zero-order valence-corrected chi connectivity index (χ0v) is 12.0. The van der Waals surface area contributed by atoms with Crippen molar-refractivity contribution >= 4 is 17.8 Å². The van der Waals surface area contributed by atoms with Crippen LogP contribution in [-0.4, -0.2) is 36.1 Å². The molecule has 0 fully saturated rings. The van der Waals surface area contributed by atoms with E-state index in [2.05, 4.69) is 10.1 Å². The zero-order valence-electron chi connectivity index (χ0n) is 12.0. The molecule has 0 unspecified atom stereocenters. The quantitative estimate of drug-likeness (QED) is 0.732. The molecule has 0 aliphatic heterocycles. The second-order valence-corrected chi connectivity index (χ2v) is 4.78. The fourth-order valence-electron chi connectivity index (χ4n) is 1.80. The number of amides is 1. The van der Waals surface area contributed by atoms with Crippen molar-refractivity contribution in [2.45, 2.75) is 25.8 Å². The Bertz CT molecular complexity index is 500. The Labute approximate surface area is 123 Å². The average molecular weight is 293 g/mol. The Morgan fingerprint density at radius 3 is 2.38 bits per heavy atom. The van der Waals surface area contributed by atoms with Gasteiger partial charge in [0.1, 0.15) is 6.04 Å². The molecule has 21 heavy (non-hydrogen) atoms. The van der Waals surface area contributed by atoms with E-state index < -0.39 is 29.8 Å². The smallest absolute Gasteiger partial charge is 0.328 e. The first-order valence-corrected chi connectivity index (χ1v) is 6.58. The highest BCUT2D eigenvalue weighted by atomic mass is 16.5. The van der Waals surface area contributed by atoms with Gasteiger partial charge in [-0.25, -0.2) is 4.79 Å². The molecule has 0 aromatic heterocycles. The van der Waals surface area contributed by atoms with E-state index in [1.165, 1.54) is 14.0 Å². The fourth-order valence-corrected chi connectivity index (χ4v) is 1.80. The number of esters is 1. The van der Waals surface area contributed by atoms with Crippen molar-refractivity contribution in [3.8, 4) is 0 Å². The maximum Gasteiger partial charge on any atom is 0.328 e. The summed E-state index contributed by atoms with van der Waals surface area (Å²) in [4.78, 5) is 34.2. The number of carbonyl (C=O) groups is 3. The lowest BCUT2D eigenvalue weighted by atomic mass is 10.0. The van der Waals surface area contributed by atoms with E-state index in [0.29, 0.717) is 6.42 Å². The molecule has 6 nitrogen and oxygen atoms in total. The molecule has 6 heteroatoms. The lowest BCUT2D eigenvalue weighted by molar-refractivity contribution is -0.146. The highest BCUT2D eigenvalue weighted by Gasteiger charge is 2.24. The maximum absolute atomic E-state index is 11.8. The van der Waals surface area contributed by atoms with Crippen LogP contribution >= 0.6 is 0 Å². The van der Waals surface area contributed by atoms with E-state index in [9.17, 15) is 14.4 Å². The standard InChI is InChI=1S/C15H19NO5/c1-10(14(18)19)8-13(17)16-12(15(20)21-2)9-11-6-4-3-5-7-11/h3-7,10,12H,8-9H2,1-2H3,(H,16,17)(H,18,19)/t10-,12-/m0/s1. The normalized spacial score (nSPS) is 13.0. The van der Waals surface area contributed by atoms with Crippen LogP contribution in [-0.2, 0) is 25.5 Å². The first-order chi connectivity index (χ1) is 9.93. The number of carbonyl (C=O) groups excluding carboxylic acids is 2. The lowest BCUT2D eigenvalue weighted by Crippen LogP contribution is -2.43. The Hall–Kier alpha value is -2.37. The van der Waals surface area contributed by atoms with Gasteiger partial charge in [0.2, 0.25) is 5.91 Å². The van der Waals surface area contributed by atoms with E-state index >= 15 is 0 Å². The summed E-state index contributed by atoms with van der Waals surface area (Å²) in [5.74, 6) is -2.91. The third-order valence-electron chi connectivity index (χ3n) is 3.02. The Balaban J connectivity index is 2.68. The molecule has 0 spiro atoms. The van der Waals surface area contributed by atoms with Crippen LogP contribution in [0.3, 0.4) is 0 Å². The summed E-state index contributed by atoms with van der Waals surface area (Å²) in [5.41, 5.74) is 0.875. The van der Waals surface area contributed by atoms with Crippen molar-refractivity contribution in [3.63, 3.8) is 0 Å². The van der Waals surface area contributed by atoms with Crippen LogP contribution in [0.1, 0.15) is 18.9 Å². The number of carboxylic acid groups (broad SMARTS) is 1. The first kappa shape index (κ1) is 16.7. The van der Waals surface area contributed by atoms with Crippen molar-refractivity contribution < 1.29 is 24.2 Å². The van der Waals surface area contributed by atoms with Gasteiger partial charge in [0.15, 0.2) is 0 Å². The molecule has 0 aliphatic carbocycles. The summed E-state index contributed by atoms with van der Waals surface area (Å²) < 4.78 is 4.67. The summed E-state index contributed by atoms with van der Waals surface area (Å²) in [7, 11) is 1.24. The number of nitrogens with one attached hydrogen (secondary N) is 1. The number of aliphatic carboxylic acids is 1. The van der Waals surface area contributed by atoms with E-state index in [1.807, 2.05) is 30.3 Å². The van der Waals surface area contributed by atoms with Crippen molar-refractivity contribution in [3.05, 3.63) is 35.9 Å². The zero-order chi connectivity index (χ0) is 15.8. The number of benzene rings is 1. The third kappa shape index (κ3) is 5.64. The minimum atomic E-state index is -1.05. The highest BCUT2D eigenvalue weighted by Crippen LogP contribution is 2.07. The summed E-state index contributed by atoms with van der Waals surface area (Å²) in [5, 5.41) is 11.3.